The summed E-state index contributed by atoms with van der Waals surface area (Å²) in [6.45, 7) is 6.10. The van der Waals surface area contributed by atoms with E-state index in [2.05, 4.69) is 55.7 Å². The molecule has 3 aromatic rings. The fourth-order valence-corrected chi connectivity index (χ4v) is 5.12. The molecule has 0 spiro atoms. The van der Waals surface area contributed by atoms with Gasteiger partial charge >= 0.3 is 0 Å². The summed E-state index contributed by atoms with van der Waals surface area (Å²) in [6, 6.07) is 18.5. The first-order valence-electron chi connectivity index (χ1n) is 12.6. The molecular formula is C32H35F. The molecule has 0 N–H and O–H groups in total. The topological polar surface area (TPSA) is 0 Å². The van der Waals surface area contributed by atoms with Crippen molar-refractivity contribution in [1.82, 2.24) is 0 Å². The van der Waals surface area contributed by atoms with Crippen LogP contribution in [0.3, 0.4) is 0 Å². The van der Waals surface area contributed by atoms with E-state index in [0.717, 1.165) is 53.7 Å². The lowest BCUT2D eigenvalue weighted by Crippen LogP contribution is -2.14. The van der Waals surface area contributed by atoms with Crippen molar-refractivity contribution in [3.8, 4) is 11.8 Å². The van der Waals surface area contributed by atoms with Gasteiger partial charge in [0.25, 0.3) is 0 Å². The molecule has 33 heavy (non-hydrogen) atoms. The Morgan fingerprint density at radius 3 is 2.36 bits per heavy atom. The molecule has 0 atom stereocenters. The number of benzene rings is 3. The van der Waals surface area contributed by atoms with Crippen molar-refractivity contribution in [3.63, 3.8) is 0 Å². The fraction of sp³-hybridized carbons (Fsp3) is 0.375. The molecule has 0 amide bonds. The Morgan fingerprint density at radius 2 is 1.64 bits per heavy atom. The lowest BCUT2D eigenvalue weighted by Gasteiger charge is -2.28. The van der Waals surface area contributed by atoms with Gasteiger partial charge in [0.2, 0.25) is 0 Å². The number of halogens is 1. The van der Waals surface area contributed by atoms with E-state index in [1.807, 2.05) is 30.3 Å². The largest absolute Gasteiger partial charge is 0.206 e. The molecule has 0 aliphatic heterocycles. The minimum Gasteiger partial charge on any atom is -0.206 e. The summed E-state index contributed by atoms with van der Waals surface area (Å²) in [7, 11) is 0. The lowest BCUT2D eigenvalue weighted by molar-refractivity contribution is 0.324. The van der Waals surface area contributed by atoms with E-state index in [-0.39, 0.29) is 5.82 Å². The summed E-state index contributed by atoms with van der Waals surface area (Å²) in [5, 5.41) is 1.64. The number of hydrogen-bond acceptors (Lipinski definition) is 0. The van der Waals surface area contributed by atoms with E-state index in [9.17, 15) is 0 Å². The highest BCUT2D eigenvalue weighted by molar-refractivity contribution is 5.85. The second-order valence-electron chi connectivity index (χ2n) is 9.55. The van der Waals surface area contributed by atoms with Crippen molar-refractivity contribution >= 4 is 10.8 Å². The van der Waals surface area contributed by atoms with Gasteiger partial charge in [0.1, 0.15) is 5.82 Å². The number of hydrogen-bond donors (Lipinski definition) is 0. The molecule has 0 saturated heterocycles. The van der Waals surface area contributed by atoms with E-state index < -0.39 is 0 Å². The number of allylic oxidation sites excluding steroid dienone is 1. The van der Waals surface area contributed by atoms with Crippen molar-refractivity contribution in [2.45, 2.75) is 70.6 Å². The van der Waals surface area contributed by atoms with Gasteiger partial charge in [-0.05, 0) is 97.6 Å². The van der Waals surface area contributed by atoms with E-state index in [4.69, 9.17) is 0 Å². The fourth-order valence-electron chi connectivity index (χ4n) is 5.12. The Hall–Kier alpha value is -2.85. The number of fused-ring (bicyclic) bond motifs is 1. The molecule has 0 nitrogen and oxygen atoms in total. The van der Waals surface area contributed by atoms with Crippen LogP contribution in [0, 0.1) is 23.6 Å². The molecule has 1 aliphatic rings. The zero-order chi connectivity index (χ0) is 23.0. The number of rotatable bonds is 7. The van der Waals surface area contributed by atoms with Crippen LogP contribution in [0.1, 0.15) is 86.5 Å². The SMILES string of the molecule is C=CCC1CCC(c2ccc3cc(C#Cc4ccc(CCCCC)cc4)ccc3c2F)CC1. The highest BCUT2D eigenvalue weighted by atomic mass is 19.1. The number of aryl methyl sites for hydroxylation is 1. The van der Waals surface area contributed by atoms with Gasteiger partial charge in [-0.25, -0.2) is 4.39 Å². The summed E-state index contributed by atoms with van der Waals surface area (Å²) in [4.78, 5) is 0. The monoisotopic (exact) mass is 438 g/mol. The molecule has 0 bridgehead atoms. The van der Waals surface area contributed by atoms with Gasteiger partial charge in [-0.1, -0.05) is 68.0 Å². The maximum atomic E-state index is 15.4. The van der Waals surface area contributed by atoms with Crippen LogP contribution in [0.25, 0.3) is 10.8 Å². The normalized spacial score (nSPS) is 18.0. The quantitative estimate of drug-likeness (QED) is 0.196. The third kappa shape index (κ3) is 5.94. The Bertz CT molecular complexity index is 1130. The zero-order valence-electron chi connectivity index (χ0n) is 19.9. The predicted molar refractivity (Wildman–Crippen MR) is 139 cm³/mol. The summed E-state index contributed by atoms with van der Waals surface area (Å²) in [6.07, 6.45) is 12.5. The van der Waals surface area contributed by atoms with E-state index in [0.29, 0.717) is 11.3 Å². The Labute approximate surface area is 198 Å². The molecule has 170 valence electrons. The summed E-state index contributed by atoms with van der Waals surface area (Å²) in [5.41, 5.74) is 4.20. The smallest absolute Gasteiger partial charge is 0.134 e. The molecule has 4 rings (SSSR count). The van der Waals surface area contributed by atoms with Crippen molar-refractivity contribution in [2.24, 2.45) is 5.92 Å². The van der Waals surface area contributed by atoms with Crippen molar-refractivity contribution in [1.29, 1.82) is 0 Å². The maximum absolute atomic E-state index is 15.4. The first kappa shape index (κ1) is 23.3. The van der Waals surface area contributed by atoms with Crippen molar-refractivity contribution < 1.29 is 4.39 Å². The average Bonchev–Trinajstić information content (AvgIpc) is 2.85. The van der Waals surface area contributed by atoms with Crippen LogP contribution in [0.15, 0.2) is 67.3 Å². The van der Waals surface area contributed by atoms with Gasteiger partial charge in [0, 0.05) is 16.5 Å². The maximum Gasteiger partial charge on any atom is 0.134 e. The van der Waals surface area contributed by atoms with Gasteiger partial charge < -0.3 is 0 Å². The Kier molecular flexibility index (Phi) is 8.01. The molecule has 0 radical (unpaired) electrons. The molecule has 1 saturated carbocycles. The number of unbranched alkanes of at least 4 members (excludes halogenated alkanes) is 2. The zero-order valence-corrected chi connectivity index (χ0v) is 19.9. The highest BCUT2D eigenvalue weighted by Gasteiger charge is 2.24. The van der Waals surface area contributed by atoms with Gasteiger partial charge in [0.15, 0.2) is 0 Å². The van der Waals surface area contributed by atoms with Crippen LogP contribution in [0.4, 0.5) is 4.39 Å². The van der Waals surface area contributed by atoms with Crippen LogP contribution in [-0.2, 0) is 6.42 Å². The molecule has 0 unspecified atom stereocenters. The average molecular weight is 439 g/mol. The second-order valence-corrected chi connectivity index (χ2v) is 9.55. The van der Waals surface area contributed by atoms with E-state index in [1.54, 1.807) is 0 Å². The molecule has 0 aromatic heterocycles. The molecule has 0 heterocycles. The van der Waals surface area contributed by atoms with E-state index >= 15 is 4.39 Å². The third-order valence-electron chi connectivity index (χ3n) is 7.14. The van der Waals surface area contributed by atoms with Gasteiger partial charge in [-0.3, -0.25) is 0 Å². The Morgan fingerprint density at radius 1 is 0.909 bits per heavy atom. The molecule has 1 heteroatoms. The highest BCUT2D eigenvalue weighted by Crippen LogP contribution is 2.39. The van der Waals surface area contributed by atoms with Gasteiger partial charge in [-0.2, -0.15) is 0 Å². The first-order valence-corrected chi connectivity index (χ1v) is 12.6. The van der Waals surface area contributed by atoms with Crippen LogP contribution in [-0.4, -0.2) is 0 Å². The molecule has 1 aliphatic carbocycles. The predicted octanol–water partition coefficient (Wildman–Crippen LogP) is 8.96. The van der Waals surface area contributed by atoms with Crippen molar-refractivity contribution in [2.75, 3.05) is 0 Å². The summed E-state index contributed by atoms with van der Waals surface area (Å²) in [5.74, 6) is 7.53. The van der Waals surface area contributed by atoms with Crippen molar-refractivity contribution in [3.05, 3.63) is 95.3 Å². The van der Waals surface area contributed by atoms with Crippen LogP contribution in [0.5, 0.6) is 0 Å². The van der Waals surface area contributed by atoms with Crippen LogP contribution < -0.4 is 0 Å². The molecular weight excluding hydrogens is 403 g/mol. The van der Waals surface area contributed by atoms with Gasteiger partial charge in [0.05, 0.1) is 0 Å². The molecule has 1 fully saturated rings. The third-order valence-corrected chi connectivity index (χ3v) is 7.14. The lowest BCUT2D eigenvalue weighted by atomic mass is 9.77. The van der Waals surface area contributed by atoms with Gasteiger partial charge in [-0.15, -0.1) is 6.58 Å². The second kappa shape index (κ2) is 11.3. The van der Waals surface area contributed by atoms with E-state index in [1.165, 1.54) is 37.7 Å². The standard InChI is InChI=1S/C32H35F/c1-3-5-6-8-25-9-11-26(12-10-25)13-14-27-17-21-31-29(23-27)20-22-30(32(31)33)28-18-15-24(7-4-2)16-19-28/h4,9-12,17,20-24,28H,2-3,5-8,15-16,18-19H2,1H3. The van der Waals surface area contributed by atoms with Crippen LogP contribution >= 0.6 is 0 Å². The first-order chi connectivity index (χ1) is 16.2. The Balaban J connectivity index is 1.46. The minimum absolute atomic E-state index is 0.0437. The summed E-state index contributed by atoms with van der Waals surface area (Å²) >= 11 is 0. The minimum atomic E-state index is -0.0437. The molecule has 3 aromatic carbocycles. The summed E-state index contributed by atoms with van der Waals surface area (Å²) < 4.78 is 15.4. The van der Waals surface area contributed by atoms with Crippen LogP contribution in [0.2, 0.25) is 0 Å².